The number of hydrogen-bond acceptors (Lipinski definition) is 7. The lowest BCUT2D eigenvalue weighted by Crippen LogP contribution is -2.10. The minimum Gasteiger partial charge on any atom is -0.493 e. The lowest BCUT2D eigenvalue weighted by molar-refractivity contribution is 0.0698. The molecule has 2 N–H and O–H groups in total. The summed E-state index contributed by atoms with van der Waals surface area (Å²) in [6, 6.07) is 9.96. The highest BCUT2D eigenvalue weighted by atomic mass is 32.1. The number of aromatic nitrogens is 2. The van der Waals surface area contributed by atoms with Crippen molar-refractivity contribution >= 4 is 23.1 Å². The topological polar surface area (TPSA) is 93.6 Å². The van der Waals surface area contributed by atoms with E-state index in [-0.39, 0.29) is 4.88 Å². The van der Waals surface area contributed by atoms with Gasteiger partial charge in [0.25, 0.3) is 0 Å². The molecule has 1 aliphatic rings. The minimum atomic E-state index is -1.00. The van der Waals surface area contributed by atoms with Crippen LogP contribution in [0.25, 0.3) is 10.6 Å². The van der Waals surface area contributed by atoms with Gasteiger partial charge in [0.15, 0.2) is 4.88 Å². The number of rotatable bonds is 8. The Labute approximate surface area is 178 Å². The molecule has 156 valence electrons. The molecule has 2 aromatic heterocycles. The minimum absolute atomic E-state index is 0.176. The maximum Gasteiger partial charge on any atom is 0.349 e. The molecule has 0 aliphatic carbocycles. The number of carboxylic acids is 1. The molecule has 7 nitrogen and oxygen atoms in total. The molecule has 30 heavy (non-hydrogen) atoms. The zero-order chi connectivity index (χ0) is 20.9. The Hall–Kier alpha value is -3.13. The normalized spacial score (nSPS) is 12.7. The Morgan fingerprint density at radius 1 is 1.30 bits per heavy atom. The Balaban J connectivity index is 1.43. The van der Waals surface area contributed by atoms with Crippen molar-refractivity contribution in [1.82, 2.24) is 9.97 Å². The van der Waals surface area contributed by atoms with E-state index in [1.54, 1.807) is 6.07 Å². The van der Waals surface area contributed by atoms with Crippen LogP contribution >= 0.6 is 11.3 Å². The number of ether oxygens (including phenoxy) is 2. The molecule has 3 heterocycles. The first-order valence-electron chi connectivity index (χ1n) is 9.95. The summed E-state index contributed by atoms with van der Waals surface area (Å²) in [5.74, 6) is 1.06. The van der Waals surface area contributed by atoms with Crippen LogP contribution in [0.1, 0.15) is 34.1 Å². The van der Waals surface area contributed by atoms with Gasteiger partial charge in [-0.25, -0.2) is 14.8 Å². The maximum atomic E-state index is 11.5. The van der Waals surface area contributed by atoms with Gasteiger partial charge in [-0.2, -0.15) is 0 Å². The number of nitrogens with zero attached hydrogens (tertiary/aromatic N) is 2. The van der Waals surface area contributed by atoms with Gasteiger partial charge in [-0.3, -0.25) is 0 Å². The lowest BCUT2D eigenvalue weighted by Gasteiger charge is -2.18. The molecule has 0 radical (unpaired) electrons. The van der Waals surface area contributed by atoms with Crippen molar-refractivity contribution in [1.29, 1.82) is 0 Å². The van der Waals surface area contributed by atoms with E-state index in [1.807, 2.05) is 13.0 Å². The highest BCUT2D eigenvalue weighted by molar-refractivity contribution is 7.17. The lowest BCUT2D eigenvalue weighted by atomic mass is 10.0. The number of hydrogen-bond donors (Lipinski definition) is 2. The van der Waals surface area contributed by atoms with Crippen molar-refractivity contribution in [2.45, 2.75) is 26.2 Å². The zero-order valence-electron chi connectivity index (χ0n) is 16.7. The third-order valence-corrected chi connectivity index (χ3v) is 5.94. The third kappa shape index (κ3) is 4.54. The summed E-state index contributed by atoms with van der Waals surface area (Å²) >= 11 is 1.15. The molecule has 0 spiro atoms. The third-order valence-electron chi connectivity index (χ3n) is 4.81. The standard InChI is InChI=1S/C22H23N3O4S/c1-2-28-18-12-19(30-21(18)22(26)27)16-11-20(25-13-24-16)23-8-7-14-5-6-15-4-3-9-29-17(15)10-14/h5-6,10-13H,2-4,7-9H2,1H3,(H,26,27)(H,23,24,25). The van der Waals surface area contributed by atoms with Gasteiger partial charge in [0.05, 0.1) is 23.8 Å². The second kappa shape index (κ2) is 9.13. The van der Waals surface area contributed by atoms with Crippen LogP contribution in [0.4, 0.5) is 5.82 Å². The average molecular weight is 426 g/mol. The van der Waals surface area contributed by atoms with Gasteiger partial charge in [-0.1, -0.05) is 12.1 Å². The highest BCUT2D eigenvalue weighted by Crippen LogP contribution is 2.36. The monoisotopic (exact) mass is 425 g/mol. The van der Waals surface area contributed by atoms with Crippen LogP contribution in [0.15, 0.2) is 36.7 Å². The molecule has 1 aliphatic heterocycles. The van der Waals surface area contributed by atoms with Gasteiger partial charge in [-0.05, 0) is 43.4 Å². The first-order valence-corrected chi connectivity index (χ1v) is 10.8. The molecular formula is C22H23N3O4S. The average Bonchev–Trinajstić information content (AvgIpc) is 3.19. The molecule has 3 aromatic rings. The van der Waals surface area contributed by atoms with Gasteiger partial charge in [-0.15, -0.1) is 11.3 Å². The molecule has 0 saturated carbocycles. The van der Waals surface area contributed by atoms with Gasteiger partial charge >= 0.3 is 5.97 Å². The van der Waals surface area contributed by atoms with E-state index in [0.29, 0.717) is 30.4 Å². The number of anilines is 1. The molecule has 4 rings (SSSR count). The van der Waals surface area contributed by atoms with E-state index < -0.39 is 5.97 Å². The van der Waals surface area contributed by atoms with Crippen LogP contribution in [0.5, 0.6) is 11.5 Å². The van der Waals surface area contributed by atoms with Crippen LogP contribution in [0, 0.1) is 0 Å². The summed E-state index contributed by atoms with van der Waals surface area (Å²) in [7, 11) is 0. The van der Waals surface area contributed by atoms with E-state index in [9.17, 15) is 9.90 Å². The summed E-state index contributed by atoms with van der Waals surface area (Å²) in [5.41, 5.74) is 3.15. The molecule has 0 saturated heterocycles. The van der Waals surface area contributed by atoms with Crippen LogP contribution in [0.3, 0.4) is 0 Å². The van der Waals surface area contributed by atoms with Crippen molar-refractivity contribution in [3.63, 3.8) is 0 Å². The first kappa shape index (κ1) is 20.2. The number of aromatic carboxylic acids is 1. The Morgan fingerprint density at radius 2 is 2.20 bits per heavy atom. The molecule has 0 unspecified atom stereocenters. The fourth-order valence-electron chi connectivity index (χ4n) is 3.38. The quantitative estimate of drug-likeness (QED) is 0.556. The van der Waals surface area contributed by atoms with Gasteiger partial charge in [0, 0.05) is 18.7 Å². The van der Waals surface area contributed by atoms with Crippen LogP contribution < -0.4 is 14.8 Å². The Bertz CT molecular complexity index is 1050. The number of nitrogens with one attached hydrogen (secondary N) is 1. The SMILES string of the molecule is CCOc1cc(-c2cc(NCCc3ccc4c(c3)OCCC4)ncn2)sc1C(=O)O. The Kier molecular flexibility index (Phi) is 6.13. The number of aryl methyl sites for hydroxylation is 1. The predicted octanol–water partition coefficient (Wildman–Crippen LogP) is 4.28. The van der Waals surface area contributed by atoms with Crippen molar-refractivity contribution in [2.24, 2.45) is 0 Å². The van der Waals surface area contributed by atoms with Gasteiger partial charge in [0.2, 0.25) is 0 Å². The van der Waals surface area contributed by atoms with Crippen molar-refractivity contribution in [3.05, 3.63) is 52.7 Å². The molecule has 1 aromatic carbocycles. The smallest absolute Gasteiger partial charge is 0.349 e. The molecule has 0 amide bonds. The zero-order valence-corrected chi connectivity index (χ0v) is 17.5. The van der Waals surface area contributed by atoms with Gasteiger partial charge < -0.3 is 19.9 Å². The van der Waals surface area contributed by atoms with E-state index in [2.05, 4.69) is 33.5 Å². The van der Waals surface area contributed by atoms with Crippen molar-refractivity contribution in [3.8, 4) is 22.1 Å². The van der Waals surface area contributed by atoms with E-state index in [4.69, 9.17) is 9.47 Å². The van der Waals surface area contributed by atoms with Crippen molar-refractivity contribution < 1.29 is 19.4 Å². The molecule has 8 heteroatoms. The number of carboxylic acid groups (broad SMARTS) is 1. The van der Waals surface area contributed by atoms with Gasteiger partial charge in [0.1, 0.15) is 23.6 Å². The fraction of sp³-hybridized carbons (Fsp3) is 0.318. The second-order valence-corrected chi connectivity index (χ2v) is 7.95. The number of thiophene rings is 1. The van der Waals surface area contributed by atoms with E-state index in [1.165, 1.54) is 17.5 Å². The number of carbonyl (C=O) groups is 1. The summed E-state index contributed by atoms with van der Waals surface area (Å²) in [6.07, 6.45) is 4.47. The van der Waals surface area contributed by atoms with E-state index >= 15 is 0 Å². The summed E-state index contributed by atoms with van der Waals surface area (Å²) in [5, 5.41) is 12.7. The summed E-state index contributed by atoms with van der Waals surface area (Å²) < 4.78 is 11.2. The number of benzene rings is 1. The molecule has 0 fully saturated rings. The van der Waals surface area contributed by atoms with Crippen LogP contribution in [0.2, 0.25) is 0 Å². The largest absolute Gasteiger partial charge is 0.493 e. The molecule has 0 bridgehead atoms. The Morgan fingerprint density at radius 3 is 3.03 bits per heavy atom. The van der Waals surface area contributed by atoms with Crippen molar-refractivity contribution in [2.75, 3.05) is 25.1 Å². The number of fused-ring (bicyclic) bond motifs is 1. The summed E-state index contributed by atoms with van der Waals surface area (Å²) in [6.45, 7) is 3.73. The first-order chi connectivity index (χ1) is 14.6. The van der Waals surface area contributed by atoms with E-state index in [0.717, 1.165) is 47.8 Å². The maximum absolute atomic E-state index is 11.5. The fourth-order valence-corrected chi connectivity index (χ4v) is 4.28. The van der Waals surface area contributed by atoms with Crippen LogP contribution in [-0.4, -0.2) is 40.8 Å². The second-order valence-electron chi connectivity index (χ2n) is 6.90. The molecule has 0 atom stereocenters. The molecular weight excluding hydrogens is 402 g/mol. The predicted molar refractivity (Wildman–Crippen MR) is 116 cm³/mol. The summed E-state index contributed by atoms with van der Waals surface area (Å²) in [4.78, 5) is 20.9. The van der Waals surface area contributed by atoms with Crippen LogP contribution in [-0.2, 0) is 12.8 Å². The highest BCUT2D eigenvalue weighted by Gasteiger charge is 2.18.